The van der Waals surface area contributed by atoms with Crippen LogP contribution in [0.1, 0.15) is 19.4 Å². The molecule has 2 rings (SSSR count). The standard InChI is InChI=1S/C12H16O2/c1-3-13-11-6-4-10(5-7-11)8-12(2)9-14-12/h4-7H,3,8-9H2,1-2H3. The number of epoxide rings is 1. The van der Waals surface area contributed by atoms with E-state index in [1.54, 1.807) is 0 Å². The van der Waals surface area contributed by atoms with Gasteiger partial charge >= 0.3 is 0 Å². The van der Waals surface area contributed by atoms with Crippen LogP contribution in [0, 0.1) is 0 Å². The molecule has 1 aliphatic heterocycles. The molecule has 14 heavy (non-hydrogen) atoms. The first kappa shape index (κ1) is 9.53. The van der Waals surface area contributed by atoms with E-state index in [1.165, 1.54) is 5.56 Å². The average Bonchev–Trinajstić information content (AvgIpc) is 2.88. The number of hydrogen-bond acceptors (Lipinski definition) is 2. The Labute approximate surface area is 84.8 Å². The summed E-state index contributed by atoms with van der Waals surface area (Å²) >= 11 is 0. The third-order valence-corrected chi connectivity index (χ3v) is 2.45. The lowest BCUT2D eigenvalue weighted by Crippen LogP contribution is -2.08. The summed E-state index contributed by atoms with van der Waals surface area (Å²) in [6.45, 7) is 5.75. The average molecular weight is 192 g/mol. The van der Waals surface area contributed by atoms with Crippen LogP contribution < -0.4 is 4.74 Å². The van der Waals surface area contributed by atoms with Crippen molar-refractivity contribution in [3.05, 3.63) is 29.8 Å². The van der Waals surface area contributed by atoms with E-state index in [9.17, 15) is 0 Å². The molecule has 0 radical (unpaired) electrons. The van der Waals surface area contributed by atoms with Crippen molar-refractivity contribution in [3.8, 4) is 5.75 Å². The van der Waals surface area contributed by atoms with Crippen LogP contribution in [-0.2, 0) is 11.2 Å². The Morgan fingerprint density at radius 1 is 1.36 bits per heavy atom. The Morgan fingerprint density at radius 3 is 2.50 bits per heavy atom. The Hall–Kier alpha value is -1.02. The molecule has 0 aromatic heterocycles. The first-order valence-corrected chi connectivity index (χ1v) is 5.07. The van der Waals surface area contributed by atoms with Crippen molar-refractivity contribution < 1.29 is 9.47 Å². The predicted octanol–water partition coefficient (Wildman–Crippen LogP) is 2.42. The Balaban J connectivity index is 1.99. The second-order valence-corrected chi connectivity index (χ2v) is 3.99. The molecule has 0 N–H and O–H groups in total. The van der Waals surface area contributed by atoms with E-state index in [0.717, 1.165) is 25.4 Å². The number of benzene rings is 1. The summed E-state index contributed by atoms with van der Waals surface area (Å²) in [5.41, 5.74) is 1.42. The molecule has 1 aromatic carbocycles. The fourth-order valence-corrected chi connectivity index (χ4v) is 1.53. The zero-order valence-corrected chi connectivity index (χ0v) is 8.75. The van der Waals surface area contributed by atoms with Crippen molar-refractivity contribution in [2.24, 2.45) is 0 Å². The third kappa shape index (κ3) is 2.26. The molecule has 1 heterocycles. The minimum atomic E-state index is 0.104. The van der Waals surface area contributed by atoms with Crippen molar-refractivity contribution >= 4 is 0 Å². The van der Waals surface area contributed by atoms with Gasteiger partial charge in [0.2, 0.25) is 0 Å². The molecule has 1 aliphatic rings. The van der Waals surface area contributed by atoms with E-state index in [-0.39, 0.29) is 5.60 Å². The largest absolute Gasteiger partial charge is 0.494 e. The van der Waals surface area contributed by atoms with Crippen molar-refractivity contribution in [1.82, 2.24) is 0 Å². The Morgan fingerprint density at radius 2 is 2.00 bits per heavy atom. The van der Waals surface area contributed by atoms with Crippen LogP contribution in [0.3, 0.4) is 0 Å². The zero-order valence-electron chi connectivity index (χ0n) is 8.75. The molecule has 76 valence electrons. The van der Waals surface area contributed by atoms with Crippen LogP contribution >= 0.6 is 0 Å². The molecule has 0 amide bonds. The van der Waals surface area contributed by atoms with Crippen molar-refractivity contribution in [2.45, 2.75) is 25.9 Å². The Kier molecular flexibility index (Phi) is 2.46. The normalized spacial score (nSPS) is 24.7. The summed E-state index contributed by atoms with van der Waals surface area (Å²) in [4.78, 5) is 0. The maximum Gasteiger partial charge on any atom is 0.119 e. The quantitative estimate of drug-likeness (QED) is 0.683. The summed E-state index contributed by atoms with van der Waals surface area (Å²) in [6, 6.07) is 8.25. The van der Waals surface area contributed by atoms with Gasteiger partial charge in [-0.1, -0.05) is 12.1 Å². The van der Waals surface area contributed by atoms with Crippen molar-refractivity contribution in [2.75, 3.05) is 13.2 Å². The maximum absolute atomic E-state index is 5.38. The SMILES string of the molecule is CCOc1ccc(CC2(C)CO2)cc1. The first-order chi connectivity index (χ1) is 6.72. The topological polar surface area (TPSA) is 21.8 Å². The van der Waals surface area contributed by atoms with Crippen LogP contribution in [0.4, 0.5) is 0 Å². The van der Waals surface area contributed by atoms with Crippen LogP contribution in [0.5, 0.6) is 5.75 Å². The fourth-order valence-electron chi connectivity index (χ4n) is 1.53. The minimum Gasteiger partial charge on any atom is -0.494 e. The van der Waals surface area contributed by atoms with Gasteiger partial charge in [-0.05, 0) is 31.5 Å². The highest BCUT2D eigenvalue weighted by Gasteiger charge is 2.38. The summed E-state index contributed by atoms with van der Waals surface area (Å²) in [7, 11) is 0. The second kappa shape index (κ2) is 3.62. The first-order valence-electron chi connectivity index (χ1n) is 5.07. The van der Waals surface area contributed by atoms with E-state index in [4.69, 9.17) is 9.47 Å². The van der Waals surface area contributed by atoms with Gasteiger partial charge < -0.3 is 9.47 Å². The summed E-state index contributed by atoms with van der Waals surface area (Å²) < 4.78 is 10.7. The fraction of sp³-hybridized carbons (Fsp3) is 0.500. The minimum absolute atomic E-state index is 0.104. The Bertz CT molecular complexity index is 299. The number of rotatable bonds is 4. The van der Waals surface area contributed by atoms with Gasteiger partial charge in [0, 0.05) is 6.42 Å². The molecule has 2 heteroatoms. The van der Waals surface area contributed by atoms with E-state index >= 15 is 0 Å². The van der Waals surface area contributed by atoms with Crippen molar-refractivity contribution in [3.63, 3.8) is 0 Å². The van der Waals surface area contributed by atoms with Crippen LogP contribution in [-0.4, -0.2) is 18.8 Å². The molecule has 0 aliphatic carbocycles. The number of ether oxygens (including phenoxy) is 2. The van der Waals surface area contributed by atoms with Crippen LogP contribution in [0.15, 0.2) is 24.3 Å². The van der Waals surface area contributed by atoms with Gasteiger partial charge in [0.25, 0.3) is 0 Å². The molecule has 1 aromatic rings. The molecular weight excluding hydrogens is 176 g/mol. The second-order valence-electron chi connectivity index (χ2n) is 3.99. The van der Waals surface area contributed by atoms with Gasteiger partial charge in [0.15, 0.2) is 0 Å². The monoisotopic (exact) mass is 192 g/mol. The smallest absolute Gasteiger partial charge is 0.119 e. The third-order valence-electron chi connectivity index (χ3n) is 2.45. The molecule has 1 saturated heterocycles. The summed E-state index contributed by atoms with van der Waals surface area (Å²) in [5, 5.41) is 0. The molecule has 1 atom stereocenters. The molecule has 0 bridgehead atoms. The molecule has 1 unspecified atom stereocenters. The highest BCUT2D eigenvalue weighted by molar-refractivity contribution is 5.28. The summed E-state index contributed by atoms with van der Waals surface area (Å²) in [5.74, 6) is 0.943. The molecule has 0 saturated carbocycles. The van der Waals surface area contributed by atoms with Crippen LogP contribution in [0.2, 0.25) is 0 Å². The zero-order chi connectivity index (χ0) is 10.0. The van der Waals surface area contributed by atoms with Gasteiger partial charge in [-0.25, -0.2) is 0 Å². The van der Waals surface area contributed by atoms with Crippen molar-refractivity contribution in [1.29, 1.82) is 0 Å². The molecular formula is C12H16O2. The van der Waals surface area contributed by atoms with E-state index < -0.39 is 0 Å². The highest BCUT2D eigenvalue weighted by Crippen LogP contribution is 2.30. The predicted molar refractivity (Wildman–Crippen MR) is 55.7 cm³/mol. The lowest BCUT2D eigenvalue weighted by Gasteiger charge is -2.06. The van der Waals surface area contributed by atoms with E-state index in [2.05, 4.69) is 19.1 Å². The van der Waals surface area contributed by atoms with E-state index in [1.807, 2.05) is 19.1 Å². The van der Waals surface area contributed by atoms with Gasteiger partial charge in [0.05, 0.1) is 18.8 Å². The number of hydrogen-bond donors (Lipinski definition) is 0. The van der Waals surface area contributed by atoms with Crippen LogP contribution in [0.25, 0.3) is 0 Å². The molecule has 0 spiro atoms. The van der Waals surface area contributed by atoms with Gasteiger partial charge in [-0.2, -0.15) is 0 Å². The highest BCUT2D eigenvalue weighted by atomic mass is 16.6. The van der Waals surface area contributed by atoms with Gasteiger partial charge in [0.1, 0.15) is 5.75 Å². The van der Waals surface area contributed by atoms with Gasteiger partial charge in [-0.3, -0.25) is 0 Å². The summed E-state index contributed by atoms with van der Waals surface area (Å²) in [6.07, 6.45) is 0.999. The maximum atomic E-state index is 5.38. The van der Waals surface area contributed by atoms with Gasteiger partial charge in [-0.15, -0.1) is 0 Å². The van der Waals surface area contributed by atoms with E-state index in [0.29, 0.717) is 0 Å². The lowest BCUT2D eigenvalue weighted by molar-refractivity contribution is 0.321. The molecule has 1 fully saturated rings. The lowest BCUT2D eigenvalue weighted by atomic mass is 10.0. The molecule has 2 nitrogen and oxygen atoms in total.